The number of ketones is 1. The number of aromatic nitrogens is 1. The number of carbonyl (C=O) groups excluding carboxylic acids is 3. The predicted octanol–water partition coefficient (Wildman–Crippen LogP) is 3.57. The Balaban J connectivity index is 1.89. The van der Waals surface area contributed by atoms with E-state index in [0.717, 1.165) is 12.8 Å². The Morgan fingerprint density at radius 1 is 1.18 bits per heavy atom. The molecule has 1 fully saturated rings. The van der Waals surface area contributed by atoms with E-state index in [1.54, 1.807) is 54.6 Å². The molecular formula is C21H23ClN2O4. The molecule has 1 heterocycles. The van der Waals surface area contributed by atoms with E-state index in [1.165, 1.54) is 7.11 Å². The van der Waals surface area contributed by atoms with Gasteiger partial charge in [-0.1, -0.05) is 11.6 Å². The van der Waals surface area contributed by atoms with Gasteiger partial charge in [-0.25, -0.2) is 4.79 Å². The number of amides is 1. The average Bonchev–Trinajstić information content (AvgIpc) is 3.47. The first-order valence-electron chi connectivity index (χ1n) is 9.10. The molecule has 0 bridgehead atoms. The Labute approximate surface area is 169 Å². The smallest absolute Gasteiger partial charge is 0.354 e. The minimum Gasteiger partial charge on any atom is -0.464 e. The molecule has 0 atom stereocenters. The van der Waals surface area contributed by atoms with Crippen LogP contribution in [0.15, 0.2) is 24.3 Å². The molecule has 1 saturated carbocycles. The third-order valence-corrected chi connectivity index (χ3v) is 5.49. The van der Waals surface area contributed by atoms with Crippen molar-refractivity contribution in [3.8, 4) is 0 Å². The van der Waals surface area contributed by atoms with Crippen LogP contribution in [0.1, 0.15) is 55.3 Å². The molecule has 7 heteroatoms. The summed E-state index contributed by atoms with van der Waals surface area (Å²) in [7, 11) is 3.04. The summed E-state index contributed by atoms with van der Waals surface area (Å²) >= 11 is 5.91. The molecule has 0 saturated heterocycles. The summed E-state index contributed by atoms with van der Waals surface area (Å²) in [5.41, 5.74) is 2.58. The molecule has 1 aromatic carbocycles. The largest absolute Gasteiger partial charge is 0.464 e. The highest BCUT2D eigenvalue weighted by atomic mass is 35.5. The van der Waals surface area contributed by atoms with Gasteiger partial charge in [-0.05, 0) is 56.5 Å². The topological polar surface area (TPSA) is 68.6 Å². The van der Waals surface area contributed by atoms with E-state index < -0.39 is 5.97 Å². The van der Waals surface area contributed by atoms with Crippen LogP contribution in [-0.2, 0) is 11.8 Å². The Hall–Kier alpha value is -2.60. The number of benzene rings is 1. The molecule has 1 aromatic heterocycles. The van der Waals surface area contributed by atoms with Gasteiger partial charge in [0.25, 0.3) is 5.91 Å². The second kappa shape index (κ2) is 7.80. The quantitative estimate of drug-likeness (QED) is 0.547. The number of Topliss-reactive ketones (excluding diaryl/α,β-unsaturated/α-hetero) is 1. The van der Waals surface area contributed by atoms with Crippen LogP contribution in [0.4, 0.5) is 0 Å². The summed E-state index contributed by atoms with van der Waals surface area (Å²) in [5.74, 6) is -0.861. The lowest BCUT2D eigenvalue weighted by atomic mass is 10.0. The first-order valence-corrected chi connectivity index (χ1v) is 9.48. The number of halogens is 1. The Morgan fingerprint density at radius 3 is 2.32 bits per heavy atom. The van der Waals surface area contributed by atoms with Crippen LogP contribution in [0.5, 0.6) is 0 Å². The monoisotopic (exact) mass is 402 g/mol. The number of methoxy groups -OCH3 is 1. The molecule has 0 radical (unpaired) electrons. The first-order chi connectivity index (χ1) is 13.3. The van der Waals surface area contributed by atoms with Gasteiger partial charge >= 0.3 is 5.97 Å². The highest BCUT2D eigenvalue weighted by molar-refractivity contribution is 6.30. The maximum absolute atomic E-state index is 13.1. The fourth-order valence-electron chi connectivity index (χ4n) is 3.52. The Bertz CT molecular complexity index is 942. The third kappa shape index (κ3) is 3.69. The minimum atomic E-state index is -0.488. The average molecular weight is 403 g/mol. The minimum absolute atomic E-state index is 0.0293. The third-order valence-electron chi connectivity index (χ3n) is 5.24. The van der Waals surface area contributed by atoms with Crippen LogP contribution in [0.2, 0.25) is 5.02 Å². The molecule has 28 heavy (non-hydrogen) atoms. The van der Waals surface area contributed by atoms with Gasteiger partial charge in [0.05, 0.1) is 13.7 Å². The van der Waals surface area contributed by atoms with Crippen molar-refractivity contribution in [2.45, 2.75) is 32.7 Å². The summed E-state index contributed by atoms with van der Waals surface area (Å²) in [5, 5.41) is 0.552. The summed E-state index contributed by atoms with van der Waals surface area (Å²) in [6, 6.07) is 6.72. The van der Waals surface area contributed by atoms with Gasteiger partial charge in [0, 0.05) is 34.9 Å². The summed E-state index contributed by atoms with van der Waals surface area (Å²) in [6.07, 6.45) is 1.76. The summed E-state index contributed by atoms with van der Waals surface area (Å²) < 4.78 is 6.50. The van der Waals surface area contributed by atoms with Gasteiger partial charge in [0.15, 0.2) is 5.78 Å². The molecule has 0 aliphatic heterocycles. The van der Waals surface area contributed by atoms with E-state index in [9.17, 15) is 14.4 Å². The number of hydrogen-bond acceptors (Lipinski definition) is 4. The maximum atomic E-state index is 13.1. The van der Waals surface area contributed by atoms with Crippen molar-refractivity contribution in [1.82, 2.24) is 9.47 Å². The molecule has 0 unspecified atom stereocenters. The van der Waals surface area contributed by atoms with Crippen molar-refractivity contribution in [2.75, 3.05) is 13.7 Å². The second-order valence-electron chi connectivity index (χ2n) is 7.08. The van der Waals surface area contributed by atoms with Crippen molar-refractivity contribution in [1.29, 1.82) is 0 Å². The Kier molecular flexibility index (Phi) is 5.61. The molecule has 0 N–H and O–H groups in total. The van der Waals surface area contributed by atoms with E-state index in [-0.39, 0.29) is 24.3 Å². The van der Waals surface area contributed by atoms with E-state index in [0.29, 0.717) is 33.1 Å². The van der Waals surface area contributed by atoms with Crippen LogP contribution in [0.25, 0.3) is 0 Å². The van der Waals surface area contributed by atoms with Gasteiger partial charge < -0.3 is 14.2 Å². The van der Waals surface area contributed by atoms with E-state index in [2.05, 4.69) is 0 Å². The molecule has 3 rings (SSSR count). The molecule has 1 aliphatic carbocycles. The van der Waals surface area contributed by atoms with Crippen LogP contribution >= 0.6 is 11.6 Å². The normalized spacial score (nSPS) is 13.3. The Morgan fingerprint density at radius 2 is 1.79 bits per heavy atom. The fraction of sp³-hybridized carbons (Fsp3) is 0.381. The lowest BCUT2D eigenvalue weighted by molar-refractivity contribution is 0.0588. The zero-order valence-corrected chi connectivity index (χ0v) is 17.2. The van der Waals surface area contributed by atoms with E-state index in [4.69, 9.17) is 16.3 Å². The van der Waals surface area contributed by atoms with E-state index in [1.807, 2.05) is 0 Å². The van der Waals surface area contributed by atoms with Gasteiger partial charge in [-0.15, -0.1) is 0 Å². The number of hydrogen-bond donors (Lipinski definition) is 0. The number of ether oxygens (including phenoxy) is 1. The zero-order chi connectivity index (χ0) is 20.6. The summed E-state index contributed by atoms with van der Waals surface area (Å²) in [4.78, 5) is 39.8. The van der Waals surface area contributed by atoms with Crippen molar-refractivity contribution in [3.63, 3.8) is 0 Å². The first kappa shape index (κ1) is 20.1. The molecule has 2 aromatic rings. The summed E-state index contributed by atoms with van der Waals surface area (Å²) in [6.45, 7) is 3.49. The second-order valence-corrected chi connectivity index (χ2v) is 7.52. The van der Waals surface area contributed by atoms with Gasteiger partial charge in [0.2, 0.25) is 0 Å². The van der Waals surface area contributed by atoms with Gasteiger partial charge in [0.1, 0.15) is 5.69 Å². The standard InChI is InChI=1S/C21H23ClN2O4/c1-12-18(13(2)23(3)19(12)21(27)28-4)17(25)11-24(16-9-10-16)20(26)14-5-7-15(22)8-6-14/h5-8,16H,9-11H2,1-4H3. The highest BCUT2D eigenvalue weighted by Crippen LogP contribution is 2.30. The van der Waals surface area contributed by atoms with Crippen molar-refractivity contribution >= 4 is 29.3 Å². The SMILES string of the molecule is COC(=O)c1c(C)c(C(=O)CN(C(=O)c2ccc(Cl)cc2)C2CC2)c(C)n1C. The fourth-order valence-corrected chi connectivity index (χ4v) is 3.65. The molecule has 1 amide bonds. The van der Waals surface area contributed by atoms with Crippen molar-refractivity contribution in [3.05, 3.63) is 57.4 Å². The van der Waals surface area contributed by atoms with Crippen molar-refractivity contribution in [2.24, 2.45) is 7.05 Å². The predicted molar refractivity (Wildman–Crippen MR) is 106 cm³/mol. The van der Waals surface area contributed by atoms with Gasteiger partial charge in [-0.3, -0.25) is 9.59 Å². The van der Waals surface area contributed by atoms with Crippen LogP contribution in [0.3, 0.4) is 0 Å². The number of nitrogens with zero attached hydrogens (tertiary/aromatic N) is 2. The van der Waals surface area contributed by atoms with Crippen LogP contribution < -0.4 is 0 Å². The number of carbonyl (C=O) groups is 3. The lowest BCUT2D eigenvalue weighted by Crippen LogP contribution is -2.37. The number of esters is 1. The van der Waals surface area contributed by atoms with Crippen molar-refractivity contribution < 1.29 is 19.1 Å². The molecule has 148 valence electrons. The van der Waals surface area contributed by atoms with Crippen LogP contribution in [0, 0.1) is 13.8 Å². The highest BCUT2D eigenvalue weighted by Gasteiger charge is 2.36. The van der Waals surface area contributed by atoms with Gasteiger partial charge in [-0.2, -0.15) is 0 Å². The molecule has 1 aliphatic rings. The lowest BCUT2D eigenvalue weighted by Gasteiger charge is -2.22. The van der Waals surface area contributed by atoms with E-state index >= 15 is 0 Å². The molecular weight excluding hydrogens is 380 g/mol. The zero-order valence-electron chi connectivity index (χ0n) is 16.4. The molecule has 0 spiro atoms. The maximum Gasteiger partial charge on any atom is 0.354 e. The number of rotatable bonds is 6. The van der Waals surface area contributed by atoms with Crippen LogP contribution in [-0.4, -0.2) is 46.8 Å². The molecule has 6 nitrogen and oxygen atoms in total.